The van der Waals surface area contributed by atoms with E-state index in [0.717, 1.165) is 41.1 Å². The van der Waals surface area contributed by atoms with E-state index in [0.29, 0.717) is 18.8 Å². The highest BCUT2D eigenvalue weighted by molar-refractivity contribution is 5.97. The maximum absolute atomic E-state index is 12.3. The molecule has 1 aliphatic heterocycles. The topological polar surface area (TPSA) is 103 Å². The standard InChI is InChI=1S/C17H17N7O/c1-2-24-13-5-8-23(9-12(13)15(22-24)14(25)3-6-18)17-11-4-7-19-16(11)20-10-21-17/h4,7,10H,2-3,5,8-9H2,1H3,(H,19,20,21). The molecular formula is C17H17N7O. The zero-order valence-corrected chi connectivity index (χ0v) is 13.9. The quantitative estimate of drug-likeness (QED) is 0.730. The SMILES string of the molecule is CCn1nc(C(=O)CC#N)c2c1CCN(c1ncnc3[nH]ccc13)C2. The first-order valence-electron chi connectivity index (χ1n) is 8.24. The highest BCUT2D eigenvalue weighted by Gasteiger charge is 2.28. The Hall–Kier alpha value is -3.21. The third-order valence-electron chi connectivity index (χ3n) is 4.57. The van der Waals surface area contributed by atoms with Gasteiger partial charge in [0.25, 0.3) is 0 Å². The van der Waals surface area contributed by atoms with Crippen LogP contribution < -0.4 is 4.90 Å². The van der Waals surface area contributed by atoms with Crippen molar-refractivity contribution in [3.8, 4) is 6.07 Å². The molecule has 0 spiro atoms. The normalized spacial score (nSPS) is 13.7. The number of nitrogens with one attached hydrogen (secondary N) is 1. The monoisotopic (exact) mass is 335 g/mol. The van der Waals surface area contributed by atoms with Crippen LogP contribution in [0.5, 0.6) is 0 Å². The molecule has 4 heterocycles. The first-order chi connectivity index (χ1) is 12.2. The number of carbonyl (C=O) groups excluding carboxylic acids is 1. The number of aromatic amines is 1. The minimum absolute atomic E-state index is 0.150. The Morgan fingerprint density at radius 3 is 3.12 bits per heavy atom. The van der Waals surface area contributed by atoms with Crippen LogP contribution in [0.25, 0.3) is 11.0 Å². The van der Waals surface area contributed by atoms with E-state index in [1.165, 1.54) is 0 Å². The fourth-order valence-corrected chi connectivity index (χ4v) is 3.42. The summed E-state index contributed by atoms with van der Waals surface area (Å²) in [5.41, 5.74) is 3.21. The number of hydrogen-bond acceptors (Lipinski definition) is 6. The van der Waals surface area contributed by atoms with Crippen LogP contribution in [0, 0.1) is 11.3 Å². The van der Waals surface area contributed by atoms with Crippen molar-refractivity contribution in [2.45, 2.75) is 32.9 Å². The first kappa shape index (κ1) is 15.3. The van der Waals surface area contributed by atoms with E-state index in [1.807, 2.05) is 29.9 Å². The number of ketones is 1. The predicted molar refractivity (Wildman–Crippen MR) is 91.1 cm³/mol. The van der Waals surface area contributed by atoms with Gasteiger partial charge in [0.2, 0.25) is 0 Å². The molecule has 0 aliphatic carbocycles. The molecule has 8 heteroatoms. The van der Waals surface area contributed by atoms with Gasteiger partial charge in [-0.15, -0.1) is 0 Å². The van der Waals surface area contributed by atoms with Gasteiger partial charge in [0.05, 0.1) is 11.5 Å². The summed E-state index contributed by atoms with van der Waals surface area (Å²) in [6.07, 6.45) is 4.02. The number of fused-ring (bicyclic) bond motifs is 2. The van der Waals surface area contributed by atoms with Crippen LogP contribution in [0.15, 0.2) is 18.6 Å². The Morgan fingerprint density at radius 2 is 2.32 bits per heavy atom. The fraction of sp³-hybridized carbons (Fsp3) is 0.353. The summed E-state index contributed by atoms with van der Waals surface area (Å²) < 4.78 is 1.88. The van der Waals surface area contributed by atoms with E-state index in [-0.39, 0.29) is 12.2 Å². The van der Waals surface area contributed by atoms with Gasteiger partial charge in [-0.05, 0) is 13.0 Å². The predicted octanol–water partition coefficient (Wildman–Crippen LogP) is 1.83. The van der Waals surface area contributed by atoms with Gasteiger partial charge in [0.1, 0.15) is 29.9 Å². The molecule has 0 saturated heterocycles. The number of H-pyrrole nitrogens is 1. The number of rotatable bonds is 4. The third kappa shape index (κ3) is 2.45. The van der Waals surface area contributed by atoms with Gasteiger partial charge in [-0.1, -0.05) is 0 Å². The van der Waals surface area contributed by atoms with E-state index in [4.69, 9.17) is 5.26 Å². The molecule has 1 N–H and O–H groups in total. The molecular weight excluding hydrogens is 318 g/mol. The Labute approximate surface area is 144 Å². The van der Waals surface area contributed by atoms with E-state index in [1.54, 1.807) is 6.33 Å². The van der Waals surface area contributed by atoms with Crippen LogP contribution in [-0.2, 0) is 19.5 Å². The summed E-state index contributed by atoms with van der Waals surface area (Å²) in [5.74, 6) is 0.627. The van der Waals surface area contributed by atoms with Crippen molar-refractivity contribution in [3.05, 3.63) is 35.5 Å². The highest BCUT2D eigenvalue weighted by Crippen LogP contribution is 2.29. The lowest BCUT2D eigenvalue weighted by atomic mass is 10.0. The third-order valence-corrected chi connectivity index (χ3v) is 4.57. The molecule has 0 saturated carbocycles. The van der Waals surface area contributed by atoms with Crippen LogP contribution in [0.2, 0.25) is 0 Å². The summed E-state index contributed by atoms with van der Waals surface area (Å²) >= 11 is 0. The summed E-state index contributed by atoms with van der Waals surface area (Å²) in [5, 5.41) is 14.3. The maximum Gasteiger partial charge on any atom is 0.197 e. The van der Waals surface area contributed by atoms with Gasteiger partial charge < -0.3 is 9.88 Å². The van der Waals surface area contributed by atoms with Crippen LogP contribution in [0.4, 0.5) is 5.82 Å². The molecule has 0 fully saturated rings. The number of Topliss-reactive ketones (excluding diaryl/α,β-unsaturated/α-hetero) is 1. The van der Waals surface area contributed by atoms with Crippen molar-refractivity contribution < 1.29 is 4.79 Å². The number of aromatic nitrogens is 5. The van der Waals surface area contributed by atoms with E-state index in [9.17, 15) is 4.79 Å². The van der Waals surface area contributed by atoms with Gasteiger partial charge >= 0.3 is 0 Å². The Morgan fingerprint density at radius 1 is 1.44 bits per heavy atom. The average Bonchev–Trinajstić information content (AvgIpc) is 3.25. The smallest absolute Gasteiger partial charge is 0.197 e. The minimum atomic E-state index is -0.220. The molecule has 3 aromatic rings. The van der Waals surface area contributed by atoms with Crippen molar-refractivity contribution in [1.82, 2.24) is 24.7 Å². The molecule has 0 radical (unpaired) electrons. The van der Waals surface area contributed by atoms with Crippen molar-refractivity contribution in [3.63, 3.8) is 0 Å². The molecule has 8 nitrogen and oxygen atoms in total. The van der Waals surface area contributed by atoms with Crippen LogP contribution >= 0.6 is 0 Å². The summed E-state index contributed by atoms with van der Waals surface area (Å²) in [6, 6.07) is 3.88. The van der Waals surface area contributed by atoms with Gasteiger partial charge in [-0.2, -0.15) is 10.4 Å². The number of carbonyl (C=O) groups is 1. The molecule has 0 aromatic carbocycles. The van der Waals surface area contributed by atoms with Crippen LogP contribution in [0.1, 0.15) is 35.1 Å². The van der Waals surface area contributed by atoms with Gasteiger partial charge in [0.15, 0.2) is 5.78 Å². The van der Waals surface area contributed by atoms with E-state index in [2.05, 4.69) is 25.0 Å². The second-order valence-corrected chi connectivity index (χ2v) is 5.96. The molecule has 0 atom stereocenters. The number of anilines is 1. The molecule has 1 aliphatic rings. The van der Waals surface area contributed by atoms with Crippen LogP contribution in [0.3, 0.4) is 0 Å². The molecule has 126 valence electrons. The molecule has 0 unspecified atom stereocenters. The van der Waals surface area contributed by atoms with E-state index < -0.39 is 0 Å². The molecule has 0 bridgehead atoms. The molecule has 4 rings (SSSR count). The Kier molecular flexibility index (Phi) is 3.69. The summed E-state index contributed by atoms with van der Waals surface area (Å²) in [6.45, 7) is 4.06. The number of hydrogen-bond donors (Lipinski definition) is 1. The van der Waals surface area contributed by atoms with Crippen molar-refractivity contribution in [2.75, 3.05) is 11.4 Å². The van der Waals surface area contributed by atoms with Gasteiger partial charge in [-0.25, -0.2) is 9.97 Å². The highest BCUT2D eigenvalue weighted by atomic mass is 16.1. The van der Waals surface area contributed by atoms with Crippen LogP contribution in [-0.4, -0.2) is 37.1 Å². The second kappa shape index (κ2) is 6.02. The first-order valence-corrected chi connectivity index (χ1v) is 8.24. The van der Waals surface area contributed by atoms with Gasteiger partial charge in [-0.3, -0.25) is 9.48 Å². The second-order valence-electron chi connectivity index (χ2n) is 5.96. The summed E-state index contributed by atoms with van der Waals surface area (Å²) in [7, 11) is 0. The maximum atomic E-state index is 12.3. The molecule has 3 aromatic heterocycles. The lowest BCUT2D eigenvalue weighted by molar-refractivity contribution is 0.0991. The van der Waals surface area contributed by atoms with Gasteiger partial charge in [0, 0.05) is 43.5 Å². The Balaban J connectivity index is 1.75. The minimum Gasteiger partial charge on any atom is -0.351 e. The Bertz CT molecular complexity index is 994. The zero-order chi connectivity index (χ0) is 17.4. The van der Waals surface area contributed by atoms with Crippen molar-refractivity contribution >= 4 is 22.6 Å². The van der Waals surface area contributed by atoms with Crippen molar-refractivity contribution in [1.29, 1.82) is 5.26 Å². The largest absolute Gasteiger partial charge is 0.351 e. The molecule has 0 amide bonds. The molecule has 25 heavy (non-hydrogen) atoms. The lowest BCUT2D eigenvalue weighted by Gasteiger charge is -2.29. The van der Waals surface area contributed by atoms with Crippen molar-refractivity contribution in [2.24, 2.45) is 0 Å². The lowest BCUT2D eigenvalue weighted by Crippen LogP contribution is -2.32. The number of aryl methyl sites for hydroxylation is 1. The average molecular weight is 335 g/mol. The summed E-state index contributed by atoms with van der Waals surface area (Å²) in [4.78, 5) is 26.2. The number of nitriles is 1. The fourth-order valence-electron chi connectivity index (χ4n) is 3.42. The van der Waals surface area contributed by atoms with E-state index >= 15 is 0 Å². The zero-order valence-electron chi connectivity index (χ0n) is 13.9. The number of nitrogens with zero attached hydrogens (tertiary/aromatic N) is 6.